The zero-order valence-corrected chi connectivity index (χ0v) is 14.6. The second-order valence-electron chi connectivity index (χ2n) is 5.23. The van der Waals surface area contributed by atoms with Crippen LogP contribution in [0.15, 0.2) is 60.7 Å². The summed E-state index contributed by atoms with van der Waals surface area (Å²) < 4.78 is 4.81. The van der Waals surface area contributed by atoms with Gasteiger partial charge in [0.05, 0.1) is 5.56 Å². The first-order valence-electron chi connectivity index (χ1n) is 7.33. The van der Waals surface area contributed by atoms with E-state index in [0.717, 1.165) is 0 Å². The lowest BCUT2D eigenvalue weighted by atomic mass is 9.87. The maximum atomic E-state index is 12.7. The molecule has 0 amide bonds. The molecule has 0 saturated heterocycles. The average molecular weight is 392 g/mol. The fourth-order valence-corrected chi connectivity index (χ4v) is 2.24. The number of hydrogen-bond acceptors (Lipinski definition) is 8. The van der Waals surface area contributed by atoms with Crippen LogP contribution in [0.2, 0.25) is 0 Å². The van der Waals surface area contributed by atoms with Crippen LogP contribution in [-0.4, -0.2) is 50.7 Å². The fraction of sp³-hybridized carbons (Fsp3) is 0.111. The van der Waals surface area contributed by atoms with Crippen LogP contribution in [0.4, 0.5) is 0 Å². The van der Waals surface area contributed by atoms with Gasteiger partial charge in [-0.25, -0.2) is 14.4 Å². The molecule has 0 heterocycles. The summed E-state index contributed by atoms with van der Waals surface area (Å²) in [5.74, 6) is -6.77. The first-order valence-corrected chi connectivity index (χ1v) is 7.33. The molecular weight excluding hydrogens is 372 g/mol. The summed E-state index contributed by atoms with van der Waals surface area (Å²) in [7, 11) is 0. The molecule has 0 saturated carbocycles. The van der Waals surface area contributed by atoms with Crippen LogP contribution in [0.1, 0.15) is 20.7 Å². The van der Waals surface area contributed by atoms with Crippen LogP contribution in [0.3, 0.4) is 0 Å². The minimum absolute atomic E-state index is 0. The summed E-state index contributed by atoms with van der Waals surface area (Å²) >= 11 is 0. The van der Waals surface area contributed by atoms with E-state index in [0.29, 0.717) is 0 Å². The molecule has 28 heavy (non-hydrogen) atoms. The molecule has 2 aromatic rings. The number of ether oxygens (including phenoxy) is 1. The number of carbonyl (C=O) groups excluding carboxylic acids is 2. The average Bonchev–Trinajstić information content (AvgIpc) is 2.65. The van der Waals surface area contributed by atoms with Crippen molar-refractivity contribution in [2.24, 2.45) is 0 Å². The third-order valence-electron chi connectivity index (χ3n) is 3.57. The summed E-state index contributed by atoms with van der Waals surface area (Å²) in [4.78, 5) is 48.1. The third-order valence-corrected chi connectivity index (χ3v) is 3.57. The molecule has 0 aromatic heterocycles. The Bertz CT molecular complexity index is 841. The number of carboxylic acids is 2. The van der Waals surface area contributed by atoms with E-state index in [1.165, 1.54) is 48.5 Å². The molecule has 2 aromatic carbocycles. The highest BCUT2D eigenvalue weighted by atomic mass is 16.6. The first kappa shape index (κ1) is 24.4. The summed E-state index contributed by atoms with van der Waals surface area (Å²) in [6.45, 7) is 0. The lowest BCUT2D eigenvalue weighted by Gasteiger charge is -2.30. The normalized spacial score (nSPS) is 12.9. The Balaban J connectivity index is 0.00000364. The quantitative estimate of drug-likeness (QED) is 0.259. The van der Waals surface area contributed by atoms with Gasteiger partial charge in [-0.15, -0.1) is 0 Å². The molecule has 2 atom stereocenters. The van der Waals surface area contributed by atoms with E-state index in [1.54, 1.807) is 12.1 Å². The Hall–Kier alpha value is -3.60. The monoisotopic (exact) mass is 392 g/mol. The van der Waals surface area contributed by atoms with Gasteiger partial charge in [0.2, 0.25) is 11.9 Å². The van der Waals surface area contributed by atoms with E-state index in [2.05, 4.69) is 0 Å². The molecule has 0 radical (unpaired) electrons. The molecule has 0 fully saturated rings. The van der Waals surface area contributed by atoms with Crippen molar-refractivity contribution < 1.29 is 39.2 Å². The number of ketones is 1. The van der Waals surface area contributed by atoms with Crippen LogP contribution in [0.5, 0.6) is 0 Å². The molecule has 2 unspecified atom stereocenters. The minimum atomic E-state index is -3.35. The maximum absolute atomic E-state index is 12.7. The van der Waals surface area contributed by atoms with Gasteiger partial charge in [0.15, 0.2) is 0 Å². The van der Waals surface area contributed by atoms with Crippen LogP contribution in [0.25, 0.3) is 0 Å². The summed E-state index contributed by atoms with van der Waals surface area (Å²) in [5, 5.41) is 28.6. The predicted molar refractivity (Wildman–Crippen MR) is 96.7 cm³/mol. The van der Waals surface area contributed by atoms with Crippen LogP contribution < -0.4 is 12.3 Å². The third kappa shape index (κ3) is 4.57. The molecule has 9 N–H and O–H groups in total. The van der Waals surface area contributed by atoms with E-state index < -0.39 is 35.4 Å². The number of benzene rings is 2. The number of carboxylic acid groups (broad SMARTS) is 2. The van der Waals surface area contributed by atoms with Gasteiger partial charge in [0, 0.05) is 5.56 Å². The van der Waals surface area contributed by atoms with Gasteiger partial charge >= 0.3 is 23.5 Å². The van der Waals surface area contributed by atoms with E-state index >= 15 is 0 Å². The van der Waals surface area contributed by atoms with E-state index in [4.69, 9.17) is 9.84 Å². The van der Waals surface area contributed by atoms with Gasteiger partial charge in [0.25, 0.3) is 0 Å². The highest BCUT2D eigenvalue weighted by Crippen LogP contribution is 2.25. The second-order valence-corrected chi connectivity index (χ2v) is 5.23. The number of aliphatic carboxylic acids is 2. The topological polar surface area (TPSA) is 208 Å². The first-order chi connectivity index (χ1) is 12.3. The van der Waals surface area contributed by atoms with Crippen molar-refractivity contribution in [3.05, 3.63) is 71.8 Å². The van der Waals surface area contributed by atoms with Crippen molar-refractivity contribution in [1.29, 1.82) is 0 Å². The van der Waals surface area contributed by atoms with Gasteiger partial charge in [0.1, 0.15) is 0 Å². The molecule has 150 valence electrons. The molecule has 0 bridgehead atoms. The molecule has 2 rings (SSSR count). The highest BCUT2D eigenvalue weighted by Gasteiger charge is 2.59. The molecular formula is C18H20N2O8. The summed E-state index contributed by atoms with van der Waals surface area (Å²) in [5.41, 5.74) is -3.70. The predicted octanol–water partition coefficient (Wildman–Crippen LogP) is 1.32. The van der Waals surface area contributed by atoms with E-state index in [9.17, 15) is 29.4 Å². The zero-order chi connectivity index (χ0) is 19.3. The maximum Gasteiger partial charge on any atom is 0.360 e. The molecule has 10 heteroatoms. The number of aliphatic hydroxyl groups excluding tert-OH is 1. The fourth-order valence-electron chi connectivity index (χ4n) is 2.24. The van der Waals surface area contributed by atoms with Gasteiger partial charge in [-0.1, -0.05) is 48.5 Å². The van der Waals surface area contributed by atoms with E-state index in [-0.39, 0.29) is 23.4 Å². The van der Waals surface area contributed by atoms with Crippen molar-refractivity contribution in [2.75, 3.05) is 0 Å². The van der Waals surface area contributed by atoms with Crippen molar-refractivity contribution in [2.45, 2.75) is 11.7 Å². The van der Waals surface area contributed by atoms with Gasteiger partial charge in [-0.3, -0.25) is 4.79 Å². The Kier molecular flexibility index (Phi) is 8.65. The van der Waals surface area contributed by atoms with Crippen LogP contribution in [0, 0.1) is 0 Å². The zero-order valence-electron chi connectivity index (χ0n) is 14.6. The lowest BCUT2D eigenvalue weighted by Crippen LogP contribution is -2.61. The smallest absolute Gasteiger partial charge is 0.360 e. The molecule has 0 aliphatic rings. The van der Waals surface area contributed by atoms with Gasteiger partial charge < -0.3 is 32.4 Å². The highest BCUT2D eigenvalue weighted by molar-refractivity contribution is 6.19. The van der Waals surface area contributed by atoms with Gasteiger partial charge in [-0.05, 0) is 12.1 Å². The largest absolute Gasteiger partial charge is 0.479 e. The standard InChI is InChI=1S/C18H14O8.2H3N/c19-13(11-7-3-1-4-8-11)18(17(24)25,14(20)15(21)22)26-16(23)12-9-5-2-6-10-12;;/h1-10,14,20H,(H,21,22)(H,24,25);2*1H3. The molecule has 10 nitrogen and oxygen atoms in total. The van der Waals surface area contributed by atoms with Crippen molar-refractivity contribution in [1.82, 2.24) is 12.3 Å². The molecule has 0 aliphatic carbocycles. The number of rotatable bonds is 7. The van der Waals surface area contributed by atoms with E-state index in [1.807, 2.05) is 0 Å². The number of carbonyl (C=O) groups is 4. The SMILES string of the molecule is N.N.O=C(OC(C(=O)O)(C(=O)c1ccccc1)C(O)C(=O)O)c1ccccc1. The number of Topliss-reactive ketones (excluding diaryl/α,β-unsaturated/α-hetero) is 1. The van der Waals surface area contributed by atoms with Crippen molar-refractivity contribution in [3.63, 3.8) is 0 Å². The van der Waals surface area contributed by atoms with Crippen LogP contribution >= 0.6 is 0 Å². The molecule has 0 spiro atoms. The summed E-state index contributed by atoms with van der Waals surface area (Å²) in [6.07, 6.45) is -2.82. The Labute approximate surface area is 159 Å². The number of esters is 1. The van der Waals surface area contributed by atoms with Crippen molar-refractivity contribution >= 4 is 23.7 Å². The second kappa shape index (κ2) is 9.92. The lowest BCUT2D eigenvalue weighted by molar-refractivity contribution is -0.176. The molecule has 0 aliphatic heterocycles. The van der Waals surface area contributed by atoms with Crippen molar-refractivity contribution in [3.8, 4) is 0 Å². The summed E-state index contributed by atoms with van der Waals surface area (Å²) in [6, 6.07) is 13.9. The number of aliphatic hydroxyl groups is 1. The Morgan fingerprint density at radius 1 is 0.786 bits per heavy atom. The van der Waals surface area contributed by atoms with Crippen LogP contribution in [-0.2, 0) is 14.3 Å². The number of hydrogen-bond donors (Lipinski definition) is 5. The Morgan fingerprint density at radius 2 is 1.21 bits per heavy atom. The van der Waals surface area contributed by atoms with Gasteiger partial charge in [-0.2, -0.15) is 0 Å². The minimum Gasteiger partial charge on any atom is -0.479 e. The Morgan fingerprint density at radius 3 is 1.61 bits per heavy atom.